The van der Waals surface area contributed by atoms with Crippen molar-refractivity contribution >= 4 is 43.3 Å². The van der Waals surface area contributed by atoms with Gasteiger partial charge in [0, 0.05) is 21.6 Å². The third-order valence-electron chi connectivity index (χ3n) is 4.55. The largest absolute Gasteiger partial charge is 0.332 e. The van der Waals surface area contributed by atoms with Crippen molar-refractivity contribution in [3.63, 3.8) is 0 Å². The van der Waals surface area contributed by atoms with Crippen LogP contribution in [0.3, 0.4) is 0 Å². The van der Waals surface area contributed by atoms with Crippen LogP contribution in [0.25, 0.3) is 10.1 Å². The summed E-state index contributed by atoms with van der Waals surface area (Å²) in [6.07, 6.45) is 4.55. The van der Waals surface area contributed by atoms with Crippen molar-refractivity contribution in [2.45, 2.75) is 42.6 Å². The number of halogens is 1. The lowest BCUT2D eigenvalue weighted by Crippen LogP contribution is -2.46. The highest BCUT2D eigenvalue weighted by molar-refractivity contribution is 9.09. The SMILES string of the molecule is O=C(c1cc2ccccc2s1)N1C2CCC1CC(Br)C2. The average Bonchev–Trinajstić information content (AvgIpc) is 2.98. The Hall–Kier alpha value is -0.870. The smallest absolute Gasteiger partial charge is 0.264 e. The second kappa shape index (κ2) is 4.85. The normalized spacial score (nSPS) is 29.1. The van der Waals surface area contributed by atoms with Gasteiger partial charge in [-0.25, -0.2) is 0 Å². The Labute approximate surface area is 130 Å². The maximum atomic E-state index is 12.9. The van der Waals surface area contributed by atoms with Crippen LogP contribution in [-0.2, 0) is 0 Å². The Morgan fingerprint density at radius 1 is 1.20 bits per heavy atom. The summed E-state index contributed by atoms with van der Waals surface area (Å²) in [7, 11) is 0. The lowest BCUT2D eigenvalue weighted by atomic mass is 10.0. The molecule has 4 rings (SSSR count). The van der Waals surface area contributed by atoms with E-state index in [4.69, 9.17) is 0 Å². The van der Waals surface area contributed by atoms with Crippen LogP contribution in [-0.4, -0.2) is 27.7 Å². The molecule has 2 atom stereocenters. The van der Waals surface area contributed by atoms with E-state index in [2.05, 4.69) is 39.0 Å². The van der Waals surface area contributed by atoms with Crippen molar-refractivity contribution in [1.82, 2.24) is 4.90 Å². The number of piperidine rings is 1. The van der Waals surface area contributed by atoms with Gasteiger partial charge in [-0.2, -0.15) is 0 Å². The van der Waals surface area contributed by atoms with Crippen LogP contribution in [0.4, 0.5) is 0 Å². The van der Waals surface area contributed by atoms with Crippen LogP contribution in [0, 0.1) is 0 Å². The summed E-state index contributed by atoms with van der Waals surface area (Å²) in [4.78, 5) is 16.5. The van der Waals surface area contributed by atoms with E-state index in [9.17, 15) is 4.79 Å². The van der Waals surface area contributed by atoms with Crippen LogP contribution in [0.5, 0.6) is 0 Å². The average molecular weight is 350 g/mol. The second-order valence-electron chi connectivity index (χ2n) is 5.81. The van der Waals surface area contributed by atoms with E-state index >= 15 is 0 Å². The summed E-state index contributed by atoms with van der Waals surface area (Å²) < 4.78 is 1.21. The highest BCUT2D eigenvalue weighted by Crippen LogP contribution is 2.40. The summed E-state index contributed by atoms with van der Waals surface area (Å²) in [5.74, 6) is 0.248. The molecule has 104 valence electrons. The van der Waals surface area contributed by atoms with Gasteiger partial charge in [0.1, 0.15) is 0 Å². The molecule has 0 N–H and O–H groups in total. The Kier molecular flexibility index (Phi) is 3.11. The molecular formula is C16H16BrNOS. The molecule has 0 spiro atoms. The van der Waals surface area contributed by atoms with Crippen LogP contribution in [0.1, 0.15) is 35.4 Å². The van der Waals surface area contributed by atoms with Crippen molar-refractivity contribution < 1.29 is 4.79 Å². The Balaban J connectivity index is 1.67. The van der Waals surface area contributed by atoms with E-state index in [0.717, 1.165) is 17.7 Å². The molecule has 0 saturated carbocycles. The number of carbonyl (C=O) groups is 1. The minimum atomic E-state index is 0.248. The third-order valence-corrected chi connectivity index (χ3v) is 6.40. The molecule has 4 heteroatoms. The van der Waals surface area contributed by atoms with Gasteiger partial charge in [0.15, 0.2) is 0 Å². The summed E-state index contributed by atoms with van der Waals surface area (Å²) in [5.41, 5.74) is 0. The Morgan fingerprint density at radius 3 is 2.60 bits per heavy atom. The fourth-order valence-electron chi connectivity index (χ4n) is 3.66. The fourth-order valence-corrected chi connectivity index (χ4v) is 5.53. The lowest BCUT2D eigenvalue weighted by molar-refractivity contribution is 0.0608. The number of thiophene rings is 1. The van der Waals surface area contributed by atoms with Crippen LogP contribution in [0.15, 0.2) is 30.3 Å². The zero-order valence-electron chi connectivity index (χ0n) is 11.1. The fraction of sp³-hybridized carbons (Fsp3) is 0.438. The summed E-state index contributed by atoms with van der Waals surface area (Å²) in [6.45, 7) is 0. The molecular weight excluding hydrogens is 334 g/mol. The first-order chi connectivity index (χ1) is 9.72. The number of amides is 1. The summed E-state index contributed by atoms with van der Waals surface area (Å²) in [6, 6.07) is 11.2. The molecule has 3 heterocycles. The van der Waals surface area contributed by atoms with Crippen molar-refractivity contribution in [2.24, 2.45) is 0 Å². The summed E-state index contributed by atoms with van der Waals surface area (Å²) >= 11 is 5.36. The highest BCUT2D eigenvalue weighted by Gasteiger charge is 2.43. The number of benzene rings is 1. The van der Waals surface area contributed by atoms with Gasteiger partial charge in [-0.3, -0.25) is 4.79 Å². The molecule has 0 radical (unpaired) electrons. The van der Waals surface area contributed by atoms with Gasteiger partial charge in [0.2, 0.25) is 0 Å². The van der Waals surface area contributed by atoms with Gasteiger partial charge in [0.25, 0.3) is 5.91 Å². The number of nitrogens with zero attached hydrogens (tertiary/aromatic N) is 1. The first-order valence-electron chi connectivity index (χ1n) is 7.17. The molecule has 2 aliphatic rings. The molecule has 2 bridgehead atoms. The molecule has 2 nitrogen and oxygen atoms in total. The minimum Gasteiger partial charge on any atom is -0.332 e. The zero-order chi connectivity index (χ0) is 13.7. The van der Waals surface area contributed by atoms with Gasteiger partial charge in [-0.05, 0) is 43.2 Å². The number of rotatable bonds is 1. The first-order valence-corrected chi connectivity index (χ1v) is 8.91. The quantitative estimate of drug-likeness (QED) is 0.697. The first kappa shape index (κ1) is 12.8. The number of hydrogen-bond acceptors (Lipinski definition) is 2. The van der Waals surface area contributed by atoms with Gasteiger partial charge >= 0.3 is 0 Å². The number of fused-ring (bicyclic) bond motifs is 3. The van der Waals surface area contributed by atoms with Crippen molar-refractivity contribution in [2.75, 3.05) is 0 Å². The van der Waals surface area contributed by atoms with Crippen LogP contribution in [0.2, 0.25) is 0 Å². The van der Waals surface area contributed by atoms with Crippen LogP contribution < -0.4 is 0 Å². The van der Waals surface area contributed by atoms with Crippen LogP contribution >= 0.6 is 27.3 Å². The highest BCUT2D eigenvalue weighted by atomic mass is 79.9. The van der Waals surface area contributed by atoms with E-state index < -0.39 is 0 Å². The standard InChI is InChI=1S/C16H16BrNOS/c17-11-8-12-5-6-13(9-11)18(12)16(19)15-7-10-3-1-2-4-14(10)20-15/h1-4,7,11-13H,5-6,8-9H2. The van der Waals surface area contributed by atoms with Crippen molar-refractivity contribution in [3.8, 4) is 0 Å². The minimum absolute atomic E-state index is 0.248. The van der Waals surface area contributed by atoms with E-state index in [-0.39, 0.29) is 5.91 Å². The third kappa shape index (κ3) is 2.01. The maximum Gasteiger partial charge on any atom is 0.264 e. The molecule has 2 saturated heterocycles. The Morgan fingerprint density at radius 2 is 1.90 bits per heavy atom. The van der Waals surface area contributed by atoms with Gasteiger partial charge < -0.3 is 4.90 Å². The summed E-state index contributed by atoms with van der Waals surface area (Å²) in [5, 5.41) is 1.18. The zero-order valence-corrected chi connectivity index (χ0v) is 13.5. The molecule has 1 aromatic heterocycles. The molecule has 2 unspecified atom stereocenters. The lowest BCUT2D eigenvalue weighted by Gasteiger charge is -2.36. The monoisotopic (exact) mass is 349 g/mol. The molecule has 20 heavy (non-hydrogen) atoms. The molecule has 2 fully saturated rings. The maximum absolute atomic E-state index is 12.9. The molecule has 0 aliphatic carbocycles. The molecule has 2 aliphatic heterocycles. The second-order valence-corrected chi connectivity index (χ2v) is 8.19. The van der Waals surface area contributed by atoms with E-state index in [1.54, 1.807) is 11.3 Å². The molecule has 1 amide bonds. The molecule has 1 aromatic carbocycles. The van der Waals surface area contributed by atoms with Crippen molar-refractivity contribution in [3.05, 3.63) is 35.2 Å². The number of hydrogen-bond donors (Lipinski definition) is 0. The van der Waals surface area contributed by atoms with E-state index in [1.165, 1.54) is 22.9 Å². The topological polar surface area (TPSA) is 20.3 Å². The Bertz CT molecular complexity index is 620. The van der Waals surface area contributed by atoms with E-state index in [0.29, 0.717) is 16.9 Å². The number of alkyl halides is 1. The van der Waals surface area contributed by atoms with E-state index in [1.807, 2.05) is 12.1 Å². The van der Waals surface area contributed by atoms with Crippen molar-refractivity contribution in [1.29, 1.82) is 0 Å². The molecule has 2 aromatic rings. The predicted molar refractivity (Wildman–Crippen MR) is 86.8 cm³/mol. The predicted octanol–water partition coefficient (Wildman–Crippen LogP) is 4.43. The van der Waals surface area contributed by atoms with Gasteiger partial charge in [-0.15, -0.1) is 11.3 Å². The van der Waals surface area contributed by atoms with Gasteiger partial charge in [-0.1, -0.05) is 34.1 Å². The van der Waals surface area contributed by atoms with Gasteiger partial charge in [0.05, 0.1) is 4.88 Å². The number of carbonyl (C=O) groups excluding carboxylic acids is 1.